The van der Waals surface area contributed by atoms with Gasteiger partial charge < -0.3 is 0 Å². The van der Waals surface area contributed by atoms with Crippen molar-refractivity contribution in [1.29, 1.82) is 0 Å². The summed E-state index contributed by atoms with van der Waals surface area (Å²) in [4.78, 5) is 8.07. The van der Waals surface area contributed by atoms with Gasteiger partial charge in [-0.05, 0) is 25.0 Å². The molecule has 0 radical (unpaired) electrons. The van der Waals surface area contributed by atoms with Crippen LogP contribution in [0.5, 0.6) is 0 Å². The Kier molecular flexibility index (Phi) is 5.46. The Balaban J connectivity index is 2.28. The van der Waals surface area contributed by atoms with Crippen molar-refractivity contribution in [3.05, 3.63) is 41.3 Å². The lowest BCUT2D eigenvalue weighted by Crippen LogP contribution is -2.54. The fourth-order valence-electron chi connectivity index (χ4n) is 2.66. The smallest absolute Gasteiger partial charge is 0.246 e. The van der Waals surface area contributed by atoms with Gasteiger partial charge >= 0.3 is 0 Å². The second-order valence-corrected chi connectivity index (χ2v) is 6.14. The lowest BCUT2D eigenvalue weighted by molar-refractivity contribution is -0.309. The third kappa shape index (κ3) is 3.67. The molecule has 0 fully saturated rings. The minimum atomic E-state index is -1.59. The summed E-state index contributed by atoms with van der Waals surface area (Å²) in [6.07, 6.45) is -0.405. The van der Waals surface area contributed by atoms with Gasteiger partial charge in [-0.25, -0.2) is 15.4 Å². The van der Waals surface area contributed by atoms with Crippen molar-refractivity contribution in [2.75, 3.05) is 11.7 Å². The molecule has 0 spiro atoms. The molecule has 1 aromatic carbocycles. The number of hydrogen-bond donors (Lipinski definition) is 1. The number of hydrogen-bond acceptors (Lipinski definition) is 7. The second kappa shape index (κ2) is 7.64. The number of fused-ring (bicyclic) bond motifs is 1. The van der Waals surface area contributed by atoms with Crippen LogP contribution in [-0.2, 0) is 0 Å². The SMILES string of the molecule is Cc1ccccc1-c1c(Cl)nc2ncnn2c1N(N)N(CC(C)F)N(F)F. The molecule has 2 heterocycles. The standard InChI is InChI=1S/C15H16ClF3N8/c1-9-5-3-4-6-11(9)12-13(16)23-15-21-8-22-25(15)14(12)26(20)24(27(18)19)7-10(2)17/h3-6,8,10H,7,20H2,1-2H3. The third-order valence-electron chi connectivity index (χ3n) is 3.83. The van der Waals surface area contributed by atoms with Crippen LogP contribution in [0.25, 0.3) is 16.9 Å². The lowest BCUT2D eigenvalue weighted by atomic mass is 10.0. The highest BCUT2D eigenvalue weighted by molar-refractivity contribution is 6.33. The van der Waals surface area contributed by atoms with E-state index in [1.54, 1.807) is 12.1 Å². The predicted octanol–water partition coefficient (Wildman–Crippen LogP) is 2.99. The number of nitrogens with two attached hydrogens (primary N) is 1. The Morgan fingerprint density at radius 1 is 1.30 bits per heavy atom. The Hall–Kier alpha value is -2.47. The number of hydrazine groups is 3. The maximum atomic E-state index is 13.5. The van der Waals surface area contributed by atoms with E-state index in [9.17, 15) is 13.4 Å². The van der Waals surface area contributed by atoms with Crippen molar-refractivity contribution < 1.29 is 13.4 Å². The van der Waals surface area contributed by atoms with Crippen LogP contribution in [0.1, 0.15) is 12.5 Å². The largest absolute Gasteiger partial charge is 0.255 e. The highest BCUT2D eigenvalue weighted by atomic mass is 35.5. The van der Waals surface area contributed by atoms with Crippen LogP contribution in [0.3, 0.4) is 0 Å². The molecule has 0 saturated heterocycles. The summed E-state index contributed by atoms with van der Waals surface area (Å²) in [5.74, 6) is 5.98. The van der Waals surface area contributed by atoms with Crippen LogP contribution in [0.4, 0.5) is 19.2 Å². The highest BCUT2D eigenvalue weighted by Gasteiger charge is 2.30. The first kappa shape index (κ1) is 19.3. The average Bonchev–Trinajstić information content (AvgIpc) is 3.06. The maximum absolute atomic E-state index is 13.5. The number of aryl methyl sites for hydroxylation is 1. The summed E-state index contributed by atoms with van der Waals surface area (Å²) >= 11 is 6.34. The van der Waals surface area contributed by atoms with Crippen molar-refractivity contribution in [1.82, 2.24) is 30.2 Å². The topological polar surface area (TPSA) is 78.8 Å². The van der Waals surface area contributed by atoms with Gasteiger partial charge in [0.15, 0.2) is 5.82 Å². The molecule has 0 saturated carbocycles. The zero-order valence-electron chi connectivity index (χ0n) is 14.4. The van der Waals surface area contributed by atoms with Gasteiger partial charge in [-0.1, -0.05) is 49.9 Å². The van der Waals surface area contributed by atoms with Gasteiger partial charge in [0.05, 0.1) is 12.1 Å². The number of alkyl halides is 1. The summed E-state index contributed by atoms with van der Waals surface area (Å²) in [5, 5.41) is 4.79. The minimum absolute atomic E-state index is 0.00670. The monoisotopic (exact) mass is 400 g/mol. The van der Waals surface area contributed by atoms with E-state index >= 15 is 0 Å². The van der Waals surface area contributed by atoms with Crippen molar-refractivity contribution in [3.8, 4) is 11.1 Å². The molecule has 12 heteroatoms. The number of benzene rings is 1. The van der Waals surface area contributed by atoms with Gasteiger partial charge in [-0.3, -0.25) is 0 Å². The zero-order valence-corrected chi connectivity index (χ0v) is 15.1. The van der Waals surface area contributed by atoms with Crippen LogP contribution >= 0.6 is 11.6 Å². The molecule has 1 unspecified atom stereocenters. The molecule has 0 bridgehead atoms. The second-order valence-electron chi connectivity index (χ2n) is 5.78. The molecule has 0 amide bonds. The minimum Gasteiger partial charge on any atom is -0.246 e. The Bertz CT molecular complexity index is 948. The predicted molar refractivity (Wildman–Crippen MR) is 94.0 cm³/mol. The molecule has 2 aromatic heterocycles. The molecule has 144 valence electrons. The Labute approximate surface area is 157 Å². The van der Waals surface area contributed by atoms with Gasteiger partial charge in [-0.2, -0.15) is 19.6 Å². The Morgan fingerprint density at radius 3 is 2.63 bits per heavy atom. The first-order valence-corrected chi connectivity index (χ1v) is 8.22. The van der Waals surface area contributed by atoms with E-state index in [-0.39, 0.29) is 27.4 Å². The molecule has 1 atom stereocenters. The number of aromatic nitrogens is 4. The van der Waals surface area contributed by atoms with Gasteiger partial charge in [-0.15, -0.1) is 0 Å². The number of halogens is 4. The first-order chi connectivity index (χ1) is 12.8. The fourth-order valence-corrected chi connectivity index (χ4v) is 2.92. The molecule has 3 aromatic rings. The molecule has 0 aliphatic rings. The maximum Gasteiger partial charge on any atom is 0.255 e. The molecule has 0 aliphatic heterocycles. The third-order valence-corrected chi connectivity index (χ3v) is 4.10. The van der Waals surface area contributed by atoms with Crippen LogP contribution in [0, 0.1) is 6.92 Å². The number of rotatable bonds is 6. The van der Waals surface area contributed by atoms with Crippen molar-refractivity contribution in [2.24, 2.45) is 5.84 Å². The average molecular weight is 401 g/mol. The van der Waals surface area contributed by atoms with E-state index in [1.807, 2.05) is 19.1 Å². The number of anilines is 1. The molecule has 8 nitrogen and oxygen atoms in total. The van der Waals surface area contributed by atoms with E-state index in [2.05, 4.69) is 15.1 Å². The first-order valence-electron chi connectivity index (χ1n) is 7.84. The Morgan fingerprint density at radius 2 is 2.00 bits per heavy atom. The van der Waals surface area contributed by atoms with Crippen LogP contribution < -0.4 is 11.0 Å². The van der Waals surface area contributed by atoms with Crippen molar-refractivity contribution in [2.45, 2.75) is 20.0 Å². The van der Waals surface area contributed by atoms with Crippen LogP contribution in [0.2, 0.25) is 5.15 Å². The zero-order chi connectivity index (χ0) is 19.7. The van der Waals surface area contributed by atoms with Crippen molar-refractivity contribution in [3.63, 3.8) is 0 Å². The quantitative estimate of drug-likeness (QED) is 0.295. The van der Waals surface area contributed by atoms with Crippen LogP contribution in [-0.4, -0.2) is 42.9 Å². The van der Waals surface area contributed by atoms with Crippen LogP contribution in [0.15, 0.2) is 30.6 Å². The van der Waals surface area contributed by atoms with Gasteiger partial charge in [0.1, 0.15) is 23.1 Å². The van der Waals surface area contributed by atoms with E-state index in [1.165, 1.54) is 6.33 Å². The fraction of sp³-hybridized carbons (Fsp3) is 0.267. The van der Waals surface area contributed by atoms with Gasteiger partial charge in [0.25, 0.3) is 5.78 Å². The van der Waals surface area contributed by atoms with E-state index in [0.29, 0.717) is 10.7 Å². The molecular formula is C15H16ClF3N8. The summed E-state index contributed by atoms with van der Waals surface area (Å²) in [6.45, 7) is 2.25. The van der Waals surface area contributed by atoms with E-state index in [0.717, 1.165) is 17.0 Å². The highest BCUT2D eigenvalue weighted by Crippen LogP contribution is 2.37. The van der Waals surface area contributed by atoms with Gasteiger partial charge in [0.2, 0.25) is 0 Å². The molecule has 2 N–H and O–H groups in total. The summed E-state index contributed by atoms with van der Waals surface area (Å²) in [7, 11) is 0. The van der Waals surface area contributed by atoms with E-state index in [4.69, 9.17) is 17.4 Å². The molecule has 3 rings (SSSR count). The lowest BCUT2D eigenvalue weighted by Gasteiger charge is -2.32. The summed E-state index contributed by atoms with van der Waals surface area (Å²) in [5.41, 5.74) is 0.358. The summed E-state index contributed by atoms with van der Waals surface area (Å²) < 4.78 is 41.4. The summed E-state index contributed by atoms with van der Waals surface area (Å²) in [6, 6.07) is 7.13. The molecule has 0 aliphatic carbocycles. The molecule has 27 heavy (non-hydrogen) atoms. The van der Waals surface area contributed by atoms with Gasteiger partial charge in [0, 0.05) is 0 Å². The van der Waals surface area contributed by atoms with Crippen molar-refractivity contribution >= 4 is 23.2 Å². The normalized spacial score (nSPS) is 12.9. The number of nitrogens with zero attached hydrogens (tertiary/aromatic N) is 7. The van der Waals surface area contributed by atoms with E-state index < -0.39 is 18.2 Å². The molecular weight excluding hydrogens is 385 g/mol.